The molecule has 152 valence electrons. The van der Waals surface area contributed by atoms with Crippen molar-refractivity contribution in [2.75, 3.05) is 32.8 Å². The van der Waals surface area contributed by atoms with Gasteiger partial charge in [-0.3, -0.25) is 9.59 Å². The van der Waals surface area contributed by atoms with Gasteiger partial charge in [0, 0.05) is 56.8 Å². The van der Waals surface area contributed by atoms with Crippen LogP contribution in [0.3, 0.4) is 0 Å². The number of likely N-dealkylation sites (tertiary alicyclic amines) is 1. The minimum absolute atomic E-state index is 0.0998. The van der Waals surface area contributed by atoms with Gasteiger partial charge in [0.15, 0.2) is 0 Å². The number of H-pyrrole nitrogens is 1. The lowest BCUT2D eigenvalue weighted by Gasteiger charge is -2.52. The standard InChI is InChI=1S/C21H30N4O3/c26-19(16-5-12-28-13-6-16)24-10-7-21(8-11-24)18-17(22-14-23-18)4-9-25(21)20(27)15-2-1-3-15/h14-16H,1-13H2,(H,22,23). The van der Waals surface area contributed by atoms with Crippen LogP contribution in [0, 0.1) is 11.8 Å². The van der Waals surface area contributed by atoms with Crippen molar-refractivity contribution >= 4 is 11.8 Å². The number of carbonyl (C=O) groups is 2. The summed E-state index contributed by atoms with van der Waals surface area (Å²) in [4.78, 5) is 38.3. The number of hydrogen-bond acceptors (Lipinski definition) is 4. The Hall–Kier alpha value is -1.89. The van der Waals surface area contributed by atoms with E-state index in [9.17, 15) is 9.59 Å². The molecule has 4 aliphatic rings. The van der Waals surface area contributed by atoms with E-state index in [0.717, 1.165) is 63.6 Å². The molecule has 7 heteroatoms. The molecule has 2 saturated heterocycles. The molecule has 3 aliphatic heterocycles. The van der Waals surface area contributed by atoms with Crippen molar-refractivity contribution in [1.29, 1.82) is 0 Å². The Balaban J connectivity index is 1.36. The maximum Gasteiger partial charge on any atom is 0.226 e. The van der Waals surface area contributed by atoms with Gasteiger partial charge in [0.25, 0.3) is 0 Å². The molecule has 1 saturated carbocycles. The third-order valence-corrected chi connectivity index (χ3v) is 7.45. The van der Waals surface area contributed by atoms with E-state index in [1.165, 1.54) is 5.69 Å². The van der Waals surface area contributed by atoms with Gasteiger partial charge in [0.1, 0.15) is 0 Å². The minimum Gasteiger partial charge on any atom is -0.381 e. The normalized spacial score (nSPS) is 25.4. The Kier molecular flexibility index (Phi) is 4.65. The Morgan fingerprint density at radius 3 is 2.43 bits per heavy atom. The number of amides is 2. The van der Waals surface area contributed by atoms with E-state index < -0.39 is 0 Å². The first-order valence-corrected chi connectivity index (χ1v) is 10.9. The smallest absolute Gasteiger partial charge is 0.226 e. The van der Waals surface area contributed by atoms with Crippen molar-refractivity contribution in [3.63, 3.8) is 0 Å². The van der Waals surface area contributed by atoms with Crippen LogP contribution in [-0.4, -0.2) is 64.4 Å². The van der Waals surface area contributed by atoms with Crippen molar-refractivity contribution in [3.8, 4) is 0 Å². The minimum atomic E-state index is -0.341. The Labute approximate surface area is 165 Å². The molecule has 28 heavy (non-hydrogen) atoms. The first kappa shape index (κ1) is 18.2. The number of nitrogens with one attached hydrogen (secondary N) is 1. The predicted octanol–water partition coefficient (Wildman–Crippen LogP) is 1.84. The number of aromatic amines is 1. The second-order valence-corrected chi connectivity index (χ2v) is 8.84. The monoisotopic (exact) mass is 386 g/mol. The summed E-state index contributed by atoms with van der Waals surface area (Å²) in [7, 11) is 0. The number of carbonyl (C=O) groups excluding carboxylic acids is 2. The second-order valence-electron chi connectivity index (χ2n) is 8.84. The lowest BCUT2D eigenvalue weighted by atomic mass is 9.76. The molecule has 3 fully saturated rings. The highest BCUT2D eigenvalue weighted by Gasteiger charge is 2.50. The number of piperidine rings is 1. The average molecular weight is 386 g/mol. The van der Waals surface area contributed by atoms with Crippen molar-refractivity contribution in [1.82, 2.24) is 19.8 Å². The molecule has 7 nitrogen and oxygen atoms in total. The van der Waals surface area contributed by atoms with Crippen LogP contribution in [0.1, 0.15) is 56.3 Å². The SMILES string of the molecule is O=C(C1CCOCC1)N1CCC2(CC1)c1nc[nH]c1CCN2C(=O)C1CCC1. The first-order valence-electron chi connectivity index (χ1n) is 10.9. The van der Waals surface area contributed by atoms with Crippen LogP contribution in [0.2, 0.25) is 0 Å². The molecule has 4 heterocycles. The largest absolute Gasteiger partial charge is 0.381 e. The van der Waals surface area contributed by atoms with Gasteiger partial charge in [-0.1, -0.05) is 6.42 Å². The highest BCUT2D eigenvalue weighted by Crippen LogP contribution is 2.44. The van der Waals surface area contributed by atoms with Crippen LogP contribution in [-0.2, 0) is 26.3 Å². The van der Waals surface area contributed by atoms with Gasteiger partial charge in [-0.25, -0.2) is 4.98 Å². The summed E-state index contributed by atoms with van der Waals surface area (Å²) in [6, 6.07) is 0. The van der Waals surface area contributed by atoms with Gasteiger partial charge in [-0.05, 0) is 38.5 Å². The van der Waals surface area contributed by atoms with Gasteiger partial charge in [0.05, 0.1) is 17.6 Å². The molecule has 1 N–H and O–H groups in total. The molecule has 1 aromatic heterocycles. The van der Waals surface area contributed by atoms with E-state index in [0.29, 0.717) is 32.2 Å². The van der Waals surface area contributed by atoms with Gasteiger partial charge >= 0.3 is 0 Å². The number of nitrogens with zero attached hydrogens (tertiary/aromatic N) is 3. The third kappa shape index (κ3) is 2.86. The molecule has 0 unspecified atom stereocenters. The molecule has 2 amide bonds. The van der Waals surface area contributed by atoms with Crippen LogP contribution in [0.15, 0.2) is 6.33 Å². The number of hydrogen-bond donors (Lipinski definition) is 1. The molecule has 5 rings (SSSR count). The molecule has 1 aromatic rings. The molecular formula is C21H30N4O3. The average Bonchev–Trinajstić information content (AvgIpc) is 3.18. The molecule has 0 bridgehead atoms. The van der Waals surface area contributed by atoms with Crippen LogP contribution in [0.5, 0.6) is 0 Å². The first-order chi connectivity index (χ1) is 13.7. The number of rotatable bonds is 2. The van der Waals surface area contributed by atoms with Gasteiger partial charge in [-0.15, -0.1) is 0 Å². The van der Waals surface area contributed by atoms with Crippen LogP contribution in [0.4, 0.5) is 0 Å². The van der Waals surface area contributed by atoms with Crippen LogP contribution >= 0.6 is 0 Å². The fraction of sp³-hybridized carbons (Fsp3) is 0.762. The van der Waals surface area contributed by atoms with E-state index in [4.69, 9.17) is 4.74 Å². The summed E-state index contributed by atoms with van der Waals surface area (Å²) in [5.41, 5.74) is 1.87. The molecule has 1 spiro atoms. The summed E-state index contributed by atoms with van der Waals surface area (Å²) in [6.07, 6.45) is 9.06. The zero-order valence-corrected chi connectivity index (χ0v) is 16.5. The lowest BCUT2D eigenvalue weighted by Crippen LogP contribution is -2.60. The summed E-state index contributed by atoms with van der Waals surface area (Å²) in [6.45, 7) is 3.55. The fourth-order valence-corrected chi connectivity index (χ4v) is 5.48. The van der Waals surface area contributed by atoms with Gasteiger partial charge in [0.2, 0.25) is 11.8 Å². The molecule has 0 aromatic carbocycles. The van der Waals surface area contributed by atoms with E-state index in [1.807, 2.05) is 4.90 Å². The van der Waals surface area contributed by atoms with Crippen LogP contribution in [0.25, 0.3) is 0 Å². The Bertz CT molecular complexity index is 743. The summed E-state index contributed by atoms with van der Waals surface area (Å²) >= 11 is 0. The highest BCUT2D eigenvalue weighted by molar-refractivity contribution is 5.81. The number of aromatic nitrogens is 2. The maximum absolute atomic E-state index is 13.2. The van der Waals surface area contributed by atoms with Gasteiger partial charge in [-0.2, -0.15) is 0 Å². The molecule has 0 atom stereocenters. The quantitative estimate of drug-likeness (QED) is 0.841. The summed E-state index contributed by atoms with van der Waals surface area (Å²) in [5, 5.41) is 0. The maximum atomic E-state index is 13.2. The molecular weight excluding hydrogens is 356 g/mol. The van der Waals surface area contributed by atoms with Crippen molar-refractivity contribution < 1.29 is 14.3 Å². The number of ether oxygens (including phenoxy) is 1. The highest BCUT2D eigenvalue weighted by atomic mass is 16.5. The van der Waals surface area contributed by atoms with Crippen LogP contribution < -0.4 is 0 Å². The van der Waals surface area contributed by atoms with E-state index >= 15 is 0 Å². The zero-order chi connectivity index (χ0) is 19.1. The van der Waals surface area contributed by atoms with Crippen molar-refractivity contribution in [2.24, 2.45) is 11.8 Å². The van der Waals surface area contributed by atoms with Crippen molar-refractivity contribution in [2.45, 2.75) is 56.9 Å². The number of imidazole rings is 1. The lowest BCUT2D eigenvalue weighted by molar-refractivity contribution is -0.152. The Morgan fingerprint density at radius 1 is 1.04 bits per heavy atom. The Morgan fingerprint density at radius 2 is 1.75 bits per heavy atom. The summed E-state index contributed by atoms with van der Waals surface area (Å²) < 4.78 is 5.41. The van der Waals surface area contributed by atoms with E-state index in [2.05, 4.69) is 14.9 Å². The molecule has 0 radical (unpaired) electrons. The van der Waals surface area contributed by atoms with Gasteiger partial charge < -0.3 is 19.5 Å². The second kappa shape index (κ2) is 7.17. The third-order valence-electron chi connectivity index (χ3n) is 7.45. The predicted molar refractivity (Wildman–Crippen MR) is 102 cm³/mol. The topological polar surface area (TPSA) is 78.5 Å². The number of fused-ring (bicyclic) bond motifs is 2. The fourth-order valence-electron chi connectivity index (χ4n) is 5.48. The van der Waals surface area contributed by atoms with E-state index in [1.54, 1.807) is 6.33 Å². The molecule has 1 aliphatic carbocycles. The van der Waals surface area contributed by atoms with E-state index in [-0.39, 0.29) is 23.3 Å². The zero-order valence-electron chi connectivity index (χ0n) is 16.5. The summed E-state index contributed by atoms with van der Waals surface area (Å²) in [5.74, 6) is 0.874. The van der Waals surface area contributed by atoms with Crippen molar-refractivity contribution in [3.05, 3.63) is 17.7 Å².